The smallest absolute Gasteiger partial charge is 0.255 e. The van der Waals surface area contributed by atoms with Gasteiger partial charge in [-0.25, -0.2) is 0 Å². The lowest BCUT2D eigenvalue weighted by molar-refractivity contribution is -0.496. The van der Waals surface area contributed by atoms with Crippen molar-refractivity contribution < 1.29 is 14.5 Å². The lowest BCUT2D eigenvalue weighted by Gasteiger charge is -2.27. The van der Waals surface area contributed by atoms with Crippen LogP contribution < -0.4 is 5.32 Å². The Hall–Kier alpha value is -3.00. The van der Waals surface area contributed by atoms with Crippen LogP contribution in [0.4, 0.5) is 0 Å². The van der Waals surface area contributed by atoms with Gasteiger partial charge in [-0.2, -0.15) is 0 Å². The third-order valence-electron chi connectivity index (χ3n) is 5.03. The molecule has 1 unspecified atom stereocenters. The maximum atomic E-state index is 13.0. The molecule has 1 fully saturated rings. The van der Waals surface area contributed by atoms with Crippen molar-refractivity contribution in [2.45, 2.75) is 38.6 Å². The molecule has 8 heteroatoms. The molecule has 2 amide bonds. The predicted molar refractivity (Wildman–Crippen MR) is 129 cm³/mol. The number of amides is 2. The van der Waals surface area contributed by atoms with Gasteiger partial charge in [0.2, 0.25) is 11.9 Å². The second-order valence-electron chi connectivity index (χ2n) is 7.36. The number of rotatable bonds is 8. The minimum atomic E-state index is -0.990. The first-order valence-electron chi connectivity index (χ1n) is 10.5. The first-order valence-corrected chi connectivity index (χ1v) is 11.3. The van der Waals surface area contributed by atoms with E-state index in [-0.39, 0.29) is 17.9 Å². The summed E-state index contributed by atoms with van der Waals surface area (Å²) in [5.74, 6) is -0.513. The van der Waals surface area contributed by atoms with E-state index < -0.39 is 16.9 Å². The molecule has 1 aliphatic heterocycles. The van der Waals surface area contributed by atoms with Gasteiger partial charge in [-0.3, -0.25) is 19.7 Å². The van der Waals surface area contributed by atoms with E-state index in [9.17, 15) is 19.7 Å². The summed E-state index contributed by atoms with van der Waals surface area (Å²) in [6.07, 6.45) is 17.4. The topological polar surface area (TPSA) is 92.6 Å². The van der Waals surface area contributed by atoms with E-state index in [1.54, 1.807) is 12.2 Å². The van der Waals surface area contributed by atoms with Crippen LogP contribution in [0, 0.1) is 10.1 Å². The highest BCUT2D eigenvalue weighted by Crippen LogP contribution is 2.25. The van der Waals surface area contributed by atoms with Crippen LogP contribution in [-0.2, 0) is 9.59 Å². The summed E-state index contributed by atoms with van der Waals surface area (Å²) < 4.78 is 0.575. The molecule has 0 spiro atoms. The molecule has 0 aromatic carbocycles. The van der Waals surface area contributed by atoms with E-state index in [2.05, 4.69) is 27.8 Å². The molecule has 0 radical (unpaired) electrons. The number of carbonyl (C=O) groups is 2. The van der Waals surface area contributed by atoms with Crippen LogP contribution in [0.25, 0.3) is 0 Å². The summed E-state index contributed by atoms with van der Waals surface area (Å²) in [4.78, 5) is 38.3. The normalized spacial score (nSPS) is 19.8. The van der Waals surface area contributed by atoms with Crippen LogP contribution >= 0.6 is 15.9 Å². The molecule has 32 heavy (non-hydrogen) atoms. The number of allylic oxidation sites excluding steroid dienone is 8. The van der Waals surface area contributed by atoms with Gasteiger partial charge in [0.15, 0.2) is 0 Å². The third kappa shape index (κ3) is 7.30. The van der Waals surface area contributed by atoms with Gasteiger partial charge in [-0.15, -0.1) is 0 Å². The molecule has 1 aliphatic carbocycles. The highest BCUT2D eigenvalue weighted by Gasteiger charge is 2.22. The number of halogens is 1. The minimum absolute atomic E-state index is 0.0166. The first-order chi connectivity index (χ1) is 15.4. The molecular weight excluding hydrogens is 474 g/mol. The molecule has 2 rings (SSSR count). The third-order valence-corrected chi connectivity index (χ3v) is 5.96. The lowest BCUT2D eigenvalue weighted by Crippen LogP contribution is -2.37. The van der Waals surface area contributed by atoms with Gasteiger partial charge >= 0.3 is 0 Å². The van der Waals surface area contributed by atoms with E-state index in [1.807, 2.05) is 24.0 Å². The van der Waals surface area contributed by atoms with Gasteiger partial charge < -0.3 is 10.2 Å². The maximum absolute atomic E-state index is 13.0. The van der Waals surface area contributed by atoms with Crippen molar-refractivity contribution in [1.82, 2.24) is 10.2 Å². The zero-order chi connectivity index (χ0) is 23.5. The zero-order valence-corrected chi connectivity index (χ0v) is 19.7. The first kappa shape index (κ1) is 25.3. The van der Waals surface area contributed by atoms with Crippen molar-refractivity contribution >= 4 is 27.7 Å². The molecular formula is C24H28BrN3O4. The van der Waals surface area contributed by atoms with Crippen molar-refractivity contribution in [2.75, 3.05) is 13.1 Å². The molecule has 1 saturated heterocycles. The van der Waals surface area contributed by atoms with Crippen LogP contribution in [0.2, 0.25) is 0 Å². The van der Waals surface area contributed by atoms with E-state index >= 15 is 0 Å². The molecule has 7 nitrogen and oxygen atoms in total. The Balaban J connectivity index is 2.32. The number of hydrogen-bond acceptors (Lipinski definition) is 4. The van der Waals surface area contributed by atoms with Gasteiger partial charge in [0, 0.05) is 33.8 Å². The van der Waals surface area contributed by atoms with Gasteiger partial charge in [-0.1, -0.05) is 37.0 Å². The highest BCUT2D eigenvalue weighted by atomic mass is 79.9. The fraction of sp³-hybridized carbons (Fsp3) is 0.333. The number of nitrogens with zero attached hydrogens (tertiary/aromatic N) is 2. The number of nitrogens with one attached hydrogen (secondary N) is 1. The highest BCUT2D eigenvalue weighted by molar-refractivity contribution is 9.12. The second kappa shape index (κ2) is 12.8. The summed E-state index contributed by atoms with van der Waals surface area (Å²) in [5, 5.41) is 13.9. The van der Waals surface area contributed by atoms with E-state index in [0.717, 1.165) is 24.8 Å². The number of nitro groups is 1. The molecule has 0 saturated carbocycles. The van der Waals surface area contributed by atoms with Gasteiger partial charge in [-0.05, 0) is 72.0 Å². The van der Waals surface area contributed by atoms with Crippen molar-refractivity contribution in [2.24, 2.45) is 0 Å². The standard InChI is InChI=1S/C24H28BrN3O4/c1-3-9-18(10-4-2)23(25)21(17-22(29)27-15-6-5-7-16-27)26-24(30)19-11-8-12-20(14-13-19)28(31)32/h3-4,8-14,20H,1,5-7,15-17H2,2H3,(H,26,30)/b10-4-,18-9+,23-21+. The van der Waals surface area contributed by atoms with Crippen molar-refractivity contribution in [1.29, 1.82) is 0 Å². The molecule has 0 aromatic rings. The van der Waals surface area contributed by atoms with E-state index in [4.69, 9.17) is 0 Å². The second-order valence-corrected chi connectivity index (χ2v) is 8.16. The SMILES string of the molecule is C=C/C=C(\C=C/C)C(/Br)=C(/CC(=O)N1CCCCC1)NC(=O)C1=CC=CC([N+](=O)[O-])C=C1. The van der Waals surface area contributed by atoms with Crippen molar-refractivity contribution in [3.8, 4) is 0 Å². The van der Waals surface area contributed by atoms with Crippen LogP contribution in [0.3, 0.4) is 0 Å². The molecule has 0 aromatic heterocycles. The summed E-state index contributed by atoms with van der Waals surface area (Å²) in [7, 11) is 0. The fourth-order valence-electron chi connectivity index (χ4n) is 3.36. The van der Waals surface area contributed by atoms with Crippen LogP contribution in [0.15, 0.2) is 82.6 Å². The van der Waals surface area contributed by atoms with Gasteiger partial charge in [0.1, 0.15) is 0 Å². The Bertz CT molecular complexity index is 935. The Morgan fingerprint density at radius 1 is 1.31 bits per heavy atom. The summed E-state index contributed by atoms with van der Waals surface area (Å²) in [6.45, 7) is 7.02. The Kier molecular flexibility index (Phi) is 10.1. The molecule has 2 aliphatic rings. The molecule has 1 atom stereocenters. The van der Waals surface area contributed by atoms with Gasteiger partial charge in [0.05, 0.1) is 6.42 Å². The monoisotopic (exact) mass is 501 g/mol. The van der Waals surface area contributed by atoms with Gasteiger partial charge in [0.25, 0.3) is 5.91 Å². The average molecular weight is 502 g/mol. The van der Waals surface area contributed by atoms with Crippen LogP contribution in [0.1, 0.15) is 32.6 Å². The largest absolute Gasteiger partial charge is 0.342 e. The van der Waals surface area contributed by atoms with Crippen LogP contribution in [0.5, 0.6) is 0 Å². The predicted octanol–water partition coefficient (Wildman–Crippen LogP) is 4.50. The lowest BCUT2D eigenvalue weighted by atomic mass is 10.1. The summed E-state index contributed by atoms with van der Waals surface area (Å²) in [6, 6.07) is -0.990. The molecule has 1 N–H and O–H groups in total. The summed E-state index contributed by atoms with van der Waals surface area (Å²) >= 11 is 3.55. The Labute approximate surface area is 196 Å². The maximum Gasteiger partial charge on any atom is 0.255 e. The summed E-state index contributed by atoms with van der Waals surface area (Å²) in [5.41, 5.74) is 1.43. The fourth-order valence-corrected chi connectivity index (χ4v) is 3.87. The molecule has 1 heterocycles. The minimum Gasteiger partial charge on any atom is -0.342 e. The van der Waals surface area contributed by atoms with E-state index in [1.165, 1.54) is 30.4 Å². The Morgan fingerprint density at radius 3 is 2.66 bits per heavy atom. The zero-order valence-electron chi connectivity index (χ0n) is 18.1. The van der Waals surface area contributed by atoms with Crippen LogP contribution in [-0.4, -0.2) is 40.8 Å². The number of carbonyl (C=O) groups excluding carboxylic acids is 2. The number of piperidine rings is 1. The molecule has 170 valence electrons. The average Bonchev–Trinajstić information content (AvgIpc) is 3.05. The number of hydrogen-bond donors (Lipinski definition) is 1. The van der Waals surface area contributed by atoms with Crippen molar-refractivity contribution in [3.05, 3.63) is 92.7 Å². The van der Waals surface area contributed by atoms with Crippen molar-refractivity contribution in [3.63, 3.8) is 0 Å². The number of likely N-dealkylation sites (tertiary alicyclic amines) is 1. The van der Waals surface area contributed by atoms with E-state index in [0.29, 0.717) is 23.3 Å². The molecule has 0 bridgehead atoms. The quantitative estimate of drug-likeness (QED) is 0.301. The Morgan fingerprint density at radius 2 is 2.03 bits per heavy atom.